The molecule has 28 nitrogen and oxygen atoms in total. The van der Waals surface area contributed by atoms with Crippen LogP contribution in [0.5, 0.6) is 0 Å². The van der Waals surface area contributed by atoms with E-state index in [1.165, 1.54) is 79.5 Å². The molecule has 13 aromatic rings. The van der Waals surface area contributed by atoms with Crippen molar-refractivity contribution in [2.75, 3.05) is 38.6 Å². The molecule has 39 heteroatoms. The standard InChI is InChI=1S/C16H14N4O2S.C16H17N3OS2.C16H17N3S3.C14H20N4OS3.C14H14N4OS.C11H14N4OS/c1-18-14-13(15(23)19(2)16(18)22)20(10-17-14)12(21)9-8-11-6-4-3-5-7-11;1-10-4-6-11(7-5-10)9-22-13-8-12-14(17-13)18(2)16(20)19(3)15(12)21;1-10-4-6-11(7-5-10)9-22-13-8-12-14(17-13)18(2)16(21)19(3)15(12)20;1-16-12-10(13(20)17(2)14(16)21)9-11(15-12)22-8-5-18-3-6-19-7-4-18;1-16-12-11(13(20)17(2)14(16)19)18(9-15-12)8-10-6-4-3-5-7-10;1-13-9-8(10(17)14(2)11(13)16)15(6-12-9)5-7-3-4-7/h3-10H,1-2H3;2*4-7H,8-9H2,1-3H3;3-9H2,1-2H3;3-7,9H,8H2,1-2H3;6-7H,3-5H2,1-2H3/b9-8+;;;;;. The van der Waals surface area contributed by atoms with Crippen LogP contribution < -0.4 is 22.8 Å². The molecular formula is C87H96N22O6S11. The Kier molecular flexibility index (Phi) is 30.5. The third-order valence-electron chi connectivity index (χ3n) is 22.1. The molecule has 1 aliphatic carbocycles. The minimum atomic E-state index is -0.278. The molecule has 0 amide bonds. The number of rotatable bonds is 13. The predicted molar refractivity (Wildman–Crippen MR) is 529 cm³/mol. The molecule has 0 radical (unpaired) electrons. The average Bonchev–Trinajstić information content (AvgIpc) is 1.60. The molecule has 0 unspecified atom stereocenters. The normalized spacial score (nSPS) is 13.7. The van der Waals surface area contributed by atoms with Gasteiger partial charge in [-0.05, 0) is 85.4 Å². The number of aromatic nitrogens is 18. The van der Waals surface area contributed by atoms with Gasteiger partial charge in [0.25, 0.3) is 5.91 Å². The average molecular weight is 1900 g/mol. The van der Waals surface area contributed by atoms with Gasteiger partial charge in [-0.25, -0.2) is 49.1 Å². The zero-order chi connectivity index (χ0) is 90.4. The van der Waals surface area contributed by atoms with E-state index in [0.717, 1.165) is 150 Å². The Morgan fingerprint density at radius 1 is 0.429 bits per heavy atom. The van der Waals surface area contributed by atoms with E-state index in [0.29, 0.717) is 64.7 Å². The fourth-order valence-electron chi connectivity index (χ4n) is 14.3. The van der Waals surface area contributed by atoms with Gasteiger partial charge in [0.15, 0.2) is 26.5 Å². The molecule has 0 spiro atoms. The minimum absolute atomic E-state index is 0.126. The molecule has 9 aromatic heterocycles. The number of carbonyl (C=O) groups excluding carboxylic acids is 1. The Morgan fingerprint density at radius 3 is 1.29 bits per heavy atom. The van der Waals surface area contributed by atoms with E-state index in [2.05, 4.69) is 104 Å². The molecule has 126 heavy (non-hydrogen) atoms. The Hall–Kier alpha value is -9.88. The lowest BCUT2D eigenvalue weighted by atomic mass is 10.2. The predicted octanol–water partition coefficient (Wildman–Crippen LogP) is 15.6. The monoisotopic (exact) mass is 1900 g/mol. The second kappa shape index (κ2) is 41.0. The van der Waals surface area contributed by atoms with Gasteiger partial charge in [0.05, 0.1) is 41.0 Å². The molecule has 18 rings (SSSR count). The van der Waals surface area contributed by atoms with Gasteiger partial charge in [-0.3, -0.25) is 50.8 Å². The highest BCUT2D eigenvalue weighted by molar-refractivity contribution is 8.14. The van der Waals surface area contributed by atoms with Gasteiger partial charge in [-0.1, -0.05) is 194 Å². The van der Waals surface area contributed by atoms with Crippen molar-refractivity contribution >= 4 is 211 Å². The highest BCUT2D eigenvalue weighted by Crippen LogP contribution is 2.36. The van der Waals surface area contributed by atoms with E-state index >= 15 is 0 Å². The molecule has 0 bridgehead atoms. The summed E-state index contributed by atoms with van der Waals surface area (Å²) in [5, 5.41) is 3.27. The number of aliphatic imine (C=N–C) groups is 3. The molecule has 656 valence electrons. The summed E-state index contributed by atoms with van der Waals surface area (Å²) in [5.41, 5.74) is 13.6. The summed E-state index contributed by atoms with van der Waals surface area (Å²) in [6.45, 7) is 10.7. The number of ether oxygens (including phenoxy) is 1. The first kappa shape index (κ1) is 93.8. The van der Waals surface area contributed by atoms with Gasteiger partial charge in [0, 0.05) is 177 Å². The molecule has 5 aliphatic rings. The second-order valence-electron chi connectivity index (χ2n) is 31.0. The first-order chi connectivity index (χ1) is 60.2. The summed E-state index contributed by atoms with van der Waals surface area (Å²) in [7, 11) is 21.2. The van der Waals surface area contributed by atoms with E-state index in [4.69, 9.17) is 112 Å². The molecule has 4 aliphatic heterocycles. The molecule has 1 saturated carbocycles. The third kappa shape index (κ3) is 20.8. The smallest absolute Gasteiger partial charge is 0.330 e. The Balaban J connectivity index is 0.000000130. The van der Waals surface area contributed by atoms with Crippen LogP contribution >= 0.6 is 133 Å². The molecule has 2 fully saturated rings. The van der Waals surface area contributed by atoms with E-state index in [1.807, 2.05) is 111 Å². The Labute approximate surface area is 780 Å². The summed E-state index contributed by atoms with van der Waals surface area (Å²) >= 11 is 48.5. The summed E-state index contributed by atoms with van der Waals surface area (Å²) < 4.78 is 35.3. The number of imidazole rings is 3. The third-order valence-corrected chi connectivity index (χ3v) is 29.2. The molecule has 0 N–H and O–H groups in total. The maximum absolute atomic E-state index is 12.4. The van der Waals surface area contributed by atoms with Crippen molar-refractivity contribution in [3.8, 4) is 0 Å². The van der Waals surface area contributed by atoms with Crippen LogP contribution in [0.25, 0.3) is 39.6 Å². The van der Waals surface area contributed by atoms with Crippen molar-refractivity contribution in [1.82, 2.24) is 88.4 Å². The number of carbonyl (C=O) groups is 1. The number of benzene rings is 4. The summed E-state index contributed by atoms with van der Waals surface area (Å²) in [5.74, 6) is 5.89. The highest BCUT2D eigenvalue weighted by Gasteiger charge is 2.27. The van der Waals surface area contributed by atoms with Crippen molar-refractivity contribution in [3.05, 3.63) is 264 Å². The van der Waals surface area contributed by atoms with Gasteiger partial charge >= 0.3 is 22.8 Å². The summed E-state index contributed by atoms with van der Waals surface area (Å²) in [4.78, 5) is 89.7. The van der Waals surface area contributed by atoms with E-state index in [1.54, 1.807) is 108 Å². The van der Waals surface area contributed by atoms with Gasteiger partial charge in [0.1, 0.15) is 68.2 Å². The topological polar surface area (TPSA) is 248 Å². The Morgan fingerprint density at radius 2 is 0.817 bits per heavy atom. The van der Waals surface area contributed by atoms with Crippen LogP contribution in [0.3, 0.4) is 0 Å². The number of morpholine rings is 1. The zero-order valence-corrected chi connectivity index (χ0v) is 81.2. The van der Waals surface area contributed by atoms with Crippen LogP contribution in [0.2, 0.25) is 0 Å². The zero-order valence-electron chi connectivity index (χ0n) is 72.2. The van der Waals surface area contributed by atoms with Gasteiger partial charge < -0.3 is 32.1 Å². The van der Waals surface area contributed by atoms with Crippen LogP contribution in [0.15, 0.2) is 168 Å². The van der Waals surface area contributed by atoms with Crippen molar-refractivity contribution in [1.29, 1.82) is 0 Å². The summed E-state index contributed by atoms with van der Waals surface area (Å²) in [6.07, 6.45) is 13.0. The largest absolute Gasteiger partial charge is 0.379 e. The molecule has 4 aromatic carbocycles. The lowest BCUT2D eigenvalue weighted by Gasteiger charge is -2.26. The second-order valence-corrected chi connectivity index (χ2v) is 37.3. The van der Waals surface area contributed by atoms with Crippen LogP contribution in [0.1, 0.15) is 67.7 Å². The summed E-state index contributed by atoms with van der Waals surface area (Å²) in [6, 6.07) is 36.7. The van der Waals surface area contributed by atoms with E-state index in [-0.39, 0.29) is 33.3 Å². The van der Waals surface area contributed by atoms with E-state index < -0.39 is 0 Å². The number of fused-ring (bicyclic) bond motifs is 6. The van der Waals surface area contributed by atoms with Crippen molar-refractivity contribution < 1.29 is 9.53 Å². The van der Waals surface area contributed by atoms with E-state index in [9.17, 15) is 24.0 Å². The van der Waals surface area contributed by atoms with Crippen molar-refractivity contribution in [2.45, 2.75) is 70.5 Å². The van der Waals surface area contributed by atoms with Crippen LogP contribution in [0.4, 0.5) is 17.5 Å². The SMILES string of the molecule is Cc1ccc(CSC2=Nc3c(c(=S)n(C)c(=O)n3C)C2)cc1.Cc1ccc(CSC2=Nc3c(c(=S)n(C)c(=S)n3C)C2)cc1.Cn1c(=S)c2c(ncn2C(=O)/C=C/c2ccccc2)n(C)c1=O.Cn1c(=S)c2c(ncn2CC2CC2)n(C)c1=O.Cn1c(=S)c2c(ncn2Cc2ccccc2)n(C)c1=O.Cn1c2c(c(=S)n(C)c1=S)CC(SCCN1CCOCC1)=N2. The lowest BCUT2D eigenvalue weighted by Crippen LogP contribution is -2.37. The first-order valence-corrected chi connectivity index (χ1v) is 46.5. The fraction of sp³-hybridized carbons (Fsp3) is 0.345. The number of hydrogen-bond donors (Lipinski definition) is 0. The van der Waals surface area contributed by atoms with Gasteiger partial charge in [-0.15, -0.1) is 35.3 Å². The lowest BCUT2D eigenvalue weighted by molar-refractivity contribution is 0.0410. The van der Waals surface area contributed by atoms with Crippen LogP contribution in [0, 0.1) is 57.2 Å². The molecule has 13 heterocycles. The van der Waals surface area contributed by atoms with Crippen LogP contribution in [-0.4, -0.2) is 148 Å². The quantitative estimate of drug-likeness (QED) is 0.0768. The minimum Gasteiger partial charge on any atom is -0.379 e. The van der Waals surface area contributed by atoms with Crippen LogP contribution in [-0.2, 0) is 133 Å². The maximum atomic E-state index is 12.4. The number of aryl methyl sites for hydroxylation is 5. The molecule has 1 saturated heterocycles. The van der Waals surface area contributed by atoms with Gasteiger partial charge in [-0.2, -0.15) is 0 Å². The Bertz CT molecular complexity index is 7190. The van der Waals surface area contributed by atoms with Crippen molar-refractivity contribution in [3.63, 3.8) is 0 Å². The molecular weight excluding hydrogens is 1800 g/mol. The molecule has 0 atom stereocenters. The fourth-order valence-corrected chi connectivity index (χ4v) is 19.2. The number of allylic oxidation sites excluding steroid dienone is 1. The number of nitrogens with zero attached hydrogens (tertiary/aromatic N) is 22. The number of hydrogen-bond acceptors (Lipinski definition) is 24. The maximum Gasteiger partial charge on any atom is 0.330 e. The number of thioether (sulfide) groups is 3. The first-order valence-electron chi connectivity index (χ1n) is 40.3. The highest BCUT2D eigenvalue weighted by atomic mass is 32.2. The van der Waals surface area contributed by atoms with Crippen molar-refractivity contribution in [2.24, 2.45) is 105 Å². The van der Waals surface area contributed by atoms with Gasteiger partial charge in [0.2, 0.25) is 0 Å².